The van der Waals surface area contributed by atoms with Gasteiger partial charge in [-0.2, -0.15) is 0 Å². The molecule has 0 amide bonds. The topological polar surface area (TPSA) is 73.1 Å². The van der Waals surface area contributed by atoms with E-state index in [2.05, 4.69) is 103 Å². The number of aromatic amines is 1. The second-order valence-electron chi connectivity index (χ2n) is 11.9. The largest absolute Gasteiger partial charge is 0.515 e. The Morgan fingerprint density at radius 2 is 1.30 bits per heavy atom. The molecule has 0 spiro atoms. The number of aliphatic hydroxyl groups excluding tert-OH is 1. The maximum Gasteiger partial charge on any atom is 0.0907 e. The van der Waals surface area contributed by atoms with Crippen molar-refractivity contribution in [3.63, 3.8) is 0 Å². The van der Waals surface area contributed by atoms with Crippen LogP contribution in [0.25, 0.3) is 11.6 Å². The number of aromatic nitrogens is 1. The third-order valence-corrected chi connectivity index (χ3v) is 9.63. The van der Waals surface area contributed by atoms with Crippen molar-refractivity contribution in [1.82, 2.24) is 4.98 Å². The molecule has 4 aliphatic rings. The van der Waals surface area contributed by atoms with Crippen molar-refractivity contribution >= 4 is 28.8 Å². The molecule has 0 radical (unpaired) electrons. The number of H-pyrrole nitrogens is 1. The van der Waals surface area contributed by atoms with Crippen molar-refractivity contribution in [3.8, 4) is 0 Å². The summed E-state index contributed by atoms with van der Waals surface area (Å²) in [5.74, 6) is 0. The third-order valence-electron chi connectivity index (χ3n) is 9.63. The van der Waals surface area contributed by atoms with Gasteiger partial charge in [-0.25, -0.2) is 15.0 Å². The summed E-state index contributed by atoms with van der Waals surface area (Å²) in [5, 5.41) is 10.7. The second-order valence-corrected chi connectivity index (χ2v) is 11.9. The quantitative estimate of drug-likeness (QED) is 0.338. The number of rotatable bonds is 5. The Morgan fingerprint density at radius 1 is 0.705 bits per heavy atom. The van der Waals surface area contributed by atoms with Crippen LogP contribution in [-0.2, 0) is 6.42 Å². The first-order valence-corrected chi connectivity index (χ1v) is 15.9. The van der Waals surface area contributed by atoms with Crippen molar-refractivity contribution in [2.75, 3.05) is 0 Å². The average Bonchev–Trinajstić information content (AvgIpc) is 3.71. The zero-order chi connectivity index (χ0) is 31.3. The summed E-state index contributed by atoms with van der Waals surface area (Å²) in [5.41, 5.74) is 19.9. The highest BCUT2D eigenvalue weighted by Gasteiger charge is 2.32. The van der Waals surface area contributed by atoms with E-state index in [0.717, 1.165) is 105 Å². The van der Waals surface area contributed by atoms with Gasteiger partial charge in [0.15, 0.2) is 0 Å². The van der Waals surface area contributed by atoms with E-state index in [-0.39, 0.29) is 0 Å². The minimum absolute atomic E-state index is 0.679. The van der Waals surface area contributed by atoms with E-state index < -0.39 is 0 Å². The number of allylic oxidation sites excluding steroid dienone is 8. The van der Waals surface area contributed by atoms with Gasteiger partial charge in [0, 0.05) is 11.3 Å². The normalized spacial score (nSPS) is 19.3. The SMILES string of the molecule is CCC1=C(C)C2=C(c3ccccc3)c3[nH]c(c(CC)c3C)C=C3N=C(C(CC)=C3C)/C(=C/O)C3=NC(=CC1=N2)C(C)=C3CC. The summed E-state index contributed by atoms with van der Waals surface area (Å²) in [7, 11) is 0. The van der Waals surface area contributed by atoms with Crippen LogP contribution in [0.2, 0.25) is 0 Å². The van der Waals surface area contributed by atoms with Gasteiger partial charge in [-0.15, -0.1) is 0 Å². The molecule has 5 heteroatoms. The van der Waals surface area contributed by atoms with Crippen LogP contribution in [0, 0.1) is 6.92 Å². The molecule has 2 N–H and O–H groups in total. The first kappa shape index (κ1) is 29.6. The zero-order valence-electron chi connectivity index (χ0n) is 27.2. The van der Waals surface area contributed by atoms with Crippen LogP contribution < -0.4 is 0 Å². The number of aliphatic imine (C=N–C) groups is 3. The molecule has 5 nitrogen and oxygen atoms in total. The first-order chi connectivity index (χ1) is 21.3. The molecule has 8 bridgehead atoms. The highest BCUT2D eigenvalue weighted by Crippen LogP contribution is 2.42. The minimum Gasteiger partial charge on any atom is -0.515 e. The fourth-order valence-corrected chi connectivity index (χ4v) is 7.21. The Labute approximate surface area is 261 Å². The molecule has 5 heterocycles. The summed E-state index contributed by atoms with van der Waals surface area (Å²) in [6, 6.07) is 10.6. The lowest BCUT2D eigenvalue weighted by Gasteiger charge is -2.12. The molecule has 0 atom stereocenters. The van der Waals surface area contributed by atoms with Crippen LogP contribution >= 0.6 is 0 Å². The van der Waals surface area contributed by atoms with Gasteiger partial charge >= 0.3 is 0 Å². The molecule has 2 aromatic rings. The van der Waals surface area contributed by atoms with E-state index in [4.69, 9.17) is 15.0 Å². The van der Waals surface area contributed by atoms with E-state index >= 15 is 0 Å². The molecule has 44 heavy (non-hydrogen) atoms. The first-order valence-electron chi connectivity index (χ1n) is 15.9. The molecule has 0 saturated heterocycles. The predicted octanol–water partition coefficient (Wildman–Crippen LogP) is 9.87. The molecular weight excluding hydrogens is 540 g/mol. The van der Waals surface area contributed by atoms with Gasteiger partial charge in [-0.1, -0.05) is 58.0 Å². The molecule has 6 rings (SSSR count). The standard InChI is InChI=1S/C39H42N4O/c1-9-26-23(7)36-35(25-16-14-13-15-17-25)37-24(8)27(10-2)34(43-37)19-32-22(6)29(12-4)39(41-32)30(20-44)38-28(11-3)21(5)31(40-38)18-33(26)42-36/h13-20,42,44H,9-12H2,1-8H3/b30-20-,31-18?,32-19?,37-35?. The molecule has 0 aliphatic carbocycles. The highest BCUT2D eigenvalue weighted by molar-refractivity contribution is 6.36. The minimum atomic E-state index is 0.679. The van der Waals surface area contributed by atoms with Crippen LogP contribution in [-0.4, -0.2) is 27.2 Å². The zero-order valence-corrected chi connectivity index (χ0v) is 27.2. The van der Waals surface area contributed by atoms with Gasteiger partial charge in [0.25, 0.3) is 0 Å². The number of benzene rings is 1. The highest BCUT2D eigenvalue weighted by atomic mass is 16.2. The summed E-state index contributed by atoms with van der Waals surface area (Å²) >= 11 is 0. The number of nitrogens with zero attached hydrogens (tertiary/aromatic N) is 3. The average molecular weight is 583 g/mol. The molecule has 224 valence electrons. The van der Waals surface area contributed by atoms with Crippen LogP contribution in [0.5, 0.6) is 0 Å². The van der Waals surface area contributed by atoms with E-state index in [1.54, 1.807) is 0 Å². The van der Waals surface area contributed by atoms with Crippen molar-refractivity contribution in [3.05, 3.63) is 127 Å². The van der Waals surface area contributed by atoms with E-state index in [1.807, 2.05) is 0 Å². The lowest BCUT2D eigenvalue weighted by molar-refractivity contribution is 0.472. The Balaban J connectivity index is 1.77. The van der Waals surface area contributed by atoms with Gasteiger partial charge < -0.3 is 10.1 Å². The Kier molecular flexibility index (Phi) is 7.75. The maximum atomic E-state index is 10.7. The summed E-state index contributed by atoms with van der Waals surface area (Å²) < 4.78 is 0. The molecule has 4 aliphatic heterocycles. The van der Waals surface area contributed by atoms with Crippen LogP contribution in [0.4, 0.5) is 0 Å². The van der Waals surface area contributed by atoms with Crippen LogP contribution in [0.3, 0.4) is 0 Å². The Hall–Kier alpha value is -4.51. The smallest absolute Gasteiger partial charge is 0.0907 e. The van der Waals surface area contributed by atoms with Crippen LogP contribution in [0.15, 0.2) is 114 Å². The van der Waals surface area contributed by atoms with Crippen molar-refractivity contribution in [2.24, 2.45) is 15.0 Å². The Bertz CT molecular complexity index is 1910. The molecule has 0 unspecified atom stereocenters. The van der Waals surface area contributed by atoms with Gasteiger partial charge in [-0.05, 0) is 116 Å². The number of hydrogen-bond acceptors (Lipinski definition) is 4. The number of fused-ring (bicyclic) bond motifs is 5. The van der Waals surface area contributed by atoms with E-state index in [9.17, 15) is 5.11 Å². The predicted molar refractivity (Wildman–Crippen MR) is 185 cm³/mol. The van der Waals surface area contributed by atoms with E-state index in [0.29, 0.717) is 5.57 Å². The maximum absolute atomic E-state index is 10.7. The van der Waals surface area contributed by atoms with Gasteiger partial charge in [0.1, 0.15) is 0 Å². The molecule has 1 aromatic carbocycles. The monoisotopic (exact) mass is 582 g/mol. The third kappa shape index (κ3) is 4.49. The number of hydrogen-bond donors (Lipinski definition) is 2. The van der Waals surface area contributed by atoms with Crippen molar-refractivity contribution in [1.29, 1.82) is 0 Å². The second kappa shape index (κ2) is 11.5. The summed E-state index contributed by atoms with van der Waals surface area (Å²) in [6.45, 7) is 17.4. The number of nitrogens with one attached hydrogen (secondary N) is 1. The summed E-state index contributed by atoms with van der Waals surface area (Å²) in [6.07, 6.45) is 8.89. The number of aliphatic hydroxyl groups is 1. The van der Waals surface area contributed by atoms with Gasteiger partial charge in [-0.3, -0.25) is 0 Å². The van der Waals surface area contributed by atoms with E-state index in [1.165, 1.54) is 28.5 Å². The Morgan fingerprint density at radius 3 is 1.84 bits per heavy atom. The molecular formula is C39H42N4O. The summed E-state index contributed by atoms with van der Waals surface area (Å²) in [4.78, 5) is 19.6. The van der Waals surface area contributed by atoms with Gasteiger partial charge in [0.05, 0.1) is 51.8 Å². The van der Waals surface area contributed by atoms with Crippen molar-refractivity contribution in [2.45, 2.75) is 81.1 Å². The lowest BCUT2D eigenvalue weighted by atomic mass is 9.91. The van der Waals surface area contributed by atoms with Crippen molar-refractivity contribution < 1.29 is 5.11 Å². The molecule has 0 saturated carbocycles. The fraction of sp³-hybridized carbons (Fsp3) is 0.308. The molecule has 0 fully saturated rings. The van der Waals surface area contributed by atoms with Gasteiger partial charge in [0.2, 0.25) is 0 Å². The lowest BCUT2D eigenvalue weighted by Crippen LogP contribution is -2.15. The van der Waals surface area contributed by atoms with Crippen LogP contribution in [0.1, 0.15) is 95.8 Å². The fourth-order valence-electron chi connectivity index (χ4n) is 7.21. The molecule has 1 aromatic heterocycles.